The van der Waals surface area contributed by atoms with Gasteiger partial charge in [0.2, 0.25) is 0 Å². The molecular weight excluding hydrogens is 176 g/mol. The molecule has 0 aromatic carbocycles. The van der Waals surface area contributed by atoms with Crippen LogP contribution in [0.5, 0.6) is 0 Å². The summed E-state index contributed by atoms with van der Waals surface area (Å²) in [6, 6.07) is 0.388. The summed E-state index contributed by atoms with van der Waals surface area (Å²) in [5.74, 6) is 0. The summed E-state index contributed by atoms with van der Waals surface area (Å²) in [5.41, 5.74) is 5.89. The lowest BCUT2D eigenvalue weighted by Crippen LogP contribution is -2.44. The Morgan fingerprint density at radius 1 is 1.43 bits per heavy atom. The summed E-state index contributed by atoms with van der Waals surface area (Å²) in [4.78, 5) is 2.42. The molecule has 0 amide bonds. The van der Waals surface area contributed by atoms with E-state index >= 15 is 0 Å². The van der Waals surface area contributed by atoms with Gasteiger partial charge < -0.3 is 10.5 Å². The van der Waals surface area contributed by atoms with Crippen molar-refractivity contribution in [2.45, 2.75) is 38.6 Å². The minimum atomic E-state index is 0.388. The topological polar surface area (TPSA) is 38.5 Å². The van der Waals surface area contributed by atoms with Gasteiger partial charge in [-0.15, -0.1) is 0 Å². The fourth-order valence-electron chi connectivity index (χ4n) is 1.84. The van der Waals surface area contributed by atoms with Crippen LogP contribution >= 0.6 is 0 Å². The maximum Gasteiger partial charge on any atom is 0.0593 e. The molecule has 1 saturated heterocycles. The quantitative estimate of drug-likeness (QED) is 0.655. The van der Waals surface area contributed by atoms with E-state index in [1.807, 2.05) is 0 Å². The molecule has 1 unspecified atom stereocenters. The summed E-state index contributed by atoms with van der Waals surface area (Å²) in [7, 11) is 0. The molecule has 0 saturated carbocycles. The lowest BCUT2D eigenvalue weighted by molar-refractivity contribution is 0.0913. The summed E-state index contributed by atoms with van der Waals surface area (Å²) in [5, 5.41) is 0. The Bertz CT molecular complexity index is 141. The van der Waals surface area contributed by atoms with E-state index in [0.717, 1.165) is 26.3 Å². The Hall–Kier alpha value is -0.120. The number of rotatable bonds is 6. The predicted octanol–water partition coefficient (Wildman–Crippen LogP) is 1.23. The van der Waals surface area contributed by atoms with Crippen LogP contribution < -0.4 is 5.73 Å². The van der Waals surface area contributed by atoms with Gasteiger partial charge in [0.25, 0.3) is 0 Å². The average molecular weight is 200 g/mol. The second kappa shape index (κ2) is 7.21. The highest BCUT2D eigenvalue weighted by molar-refractivity contribution is 4.74. The molecule has 1 rings (SSSR count). The van der Waals surface area contributed by atoms with Gasteiger partial charge in [-0.25, -0.2) is 0 Å². The maximum absolute atomic E-state index is 5.89. The smallest absolute Gasteiger partial charge is 0.0593 e. The fourth-order valence-corrected chi connectivity index (χ4v) is 1.84. The van der Waals surface area contributed by atoms with Gasteiger partial charge in [0.15, 0.2) is 0 Å². The first-order valence-corrected chi connectivity index (χ1v) is 5.88. The highest BCUT2D eigenvalue weighted by Gasteiger charge is 2.15. The van der Waals surface area contributed by atoms with E-state index in [9.17, 15) is 0 Å². The lowest BCUT2D eigenvalue weighted by Gasteiger charge is -2.30. The van der Waals surface area contributed by atoms with E-state index in [2.05, 4.69) is 11.8 Å². The number of likely N-dealkylation sites (tertiary alicyclic amines) is 1. The zero-order valence-corrected chi connectivity index (χ0v) is 9.37. The lowest BCUT2D eigenvalue weighted by atomic mass is 10.1. The van der Waals surface area contributed by atoms with Gasteiger partial charge in [0, 0.05) is 25.7 Å². The van der Waals surface area contributed by atoms with Gasteiger partial charge in [-0.2, -0.15) is 0 Å². The van der Waals surface area contributed by atoms with Gasteiger partial charge in [-0.05, 0) is 25.8 Å². The van der Waals surface area contributed by atoms with Gasteiger partial charge in [0.05, 0.1) is 6.61 Å². The number of hydrogen-bond donors (Lipinski definition) is 1. The Labute approximate surface area is 87.6 Å². The first kappa shape index (κ1) is 12.0. The predicted molar refractivity (Wildman–Crippen MR) is 59.4 cm³/mol. The molecule has 3 nitrogen and oxygen atoms in total. The van der Waals surface area contributed by atoms with Crippen LogP contribution in [0, 0.1) is 0 Å². The minimum Gasteiger partial charge on any atom is -0.380 e. The molecule has 3 heteroatoms. The van der Waals surface area contributed by atoms with Crippen LogP contribution in [0.15, 0.2) is 0 Å². The Kier molecular flexibility index (Phi) is 6.15. The summed E-state index contributed by atoms with van der Waals surface area (Å²) >= 11 is 0. The van der Waals surface area contributed by atoms with Crippen molar-refractivity contribution in [3.05, 3.63) is 0 Å². The van der Waals surface area contributed by atoms with Crippen LogP contribution in [0.4, 0.5) is 0 Å². The largest absolute Gasteiger partial charge is 0.380 e. The number of nitrogens with two attached hydrogens (primary N) is 1. The van der Waals surface area contributed by atoms with Crippen LogP contribution in [0.2, 0.25) is 0 Å². The molecule has 0 aromatic rings. The van der Waals surface area contributed by atoms with E-state index in [0.29, 0.717) is 6.04 Å². The van der Waals surface area contributed by atoms with E-state index in [1.165, 1.54) is 32.2 Å². The van der Waals surface area contributed by atoms with Gasteiger partial charge in [0.1, 0.15) is 0 Å². The van der Waals surface area contributed by atoms with Crippen molar-refractivity contribution in [2.24, 2.45) is 5.73 Å². The molecule has 0 aromatic heterocycles. The molecule has 0 spiro atoms. The highest BCUT2D eigenvalue weighted by Crippen LogP contribution is 2.07. The second-order valence-corrected chi connectivity index (χ2v) is 4.17. The van der Waals surface area contributed by atoms with Crippen molar-refractivity contribution in [3.8, 4) is 0 Å². The molecule has 0 radical (unpaired) electrons. The molecule has 0 aliphatic carbocycles. The average Bonchev–Trinajstić information content (AvgIpc) is 2.18. The zero-order valence-electron chi connectivity index (χ0n) is 9.37. The number of unbranched alkanes of at least 4 members (excludes halogenated alkanes) is 1. The van der Waals surface area contributed by atoms with Crippen molar-refractivity contribution in [3.63, 3.8) is 0 Å². The van der Waals surface area contributed by atoms with Gasteiger partial charge >= 0.3 is 0 Å². The number of hydrogen-bond acceptors (Lipinski definition) is 3. The van der Waals surface area contributed by atoms with Crippen molar-refractivity contribution in [2.75, 3.05) is 32.8 Å². The monoisotopic (exact) mass is 200 g/mol. The van der Waals surface area contributed by atoms with Crippen molar-refractivity contribution in [1.82, 2.24) is 4.90 Å². The van der Waals surface area contributed by atoms with E-state index < -0.39 is 0 Å². The fraction of sp³-hybridized carbons (Fsp3) is 1.00. The van der Waals surface area contributed by atoms with E-state index in [-0.39, 0.29) is 0 Å². The standard InChI is InChI=1S/C11H24N2O/c1-2-3-8-14-9-7-13-6-4-5-11(12)10-13/h11H,2-10,12H2,1H3. The zero-order chi connectivity index (χ0) is 10.2. The minimum absolute atomic E-state index is 0.388. The van der Waals surface area contributed by atoms with Crippen LogP contribution in [-0.2, 0) is 4.74 Å². The first-order valence-electron chi connectivity index (χ1n) is 5.88. The molecule has 0 bridgehead atoms. The molecule has 1 aliphatic rings. The normalized spacial score (nSPS) is 24.0. The summed E-state index contributed by atoms with van der Waals surface area (Å²) in [6.07, 6.45) is 4.83. The molecule has 1 atom stereocenters. The highest BCUT2D eigenvalue weighted by atomic mass is 16.5. The maximum atomic E-state index is 5.89. The molecule has 1 fully saturated rings. The third kappa shape index (κ3) is 4.94. The molecule has 2 N–H and O–H groups in total. The third-order valence-corrected chi connectivity index (χ3v) is 2.74. The van der Waals surface area contributed by atoms with Crippen LogP contribution in [-0.4, -0.2) is 43.8 Å². The molecule has 14 heavy (non-hydrogen) atoms. The third-order valence-electron chi connectivity index (χ3n) is 2.74. The Balaban J connectivity index is 1.95. The van der Waals surface area contributed by atoms with E-state index in [4.69, 9.17) is 10.5 Å². The van der Waals surface area contributed by atoms with Crippen molar-refractivity contribution >= 4 is 0 Å². The summed E-state index contributed by atoms with van der Waals surface area (Å²) in [6.45, 7) is 7.27. The van der Waals surface area contributed by atoms with Crippen molar-refractivity contribution < 1.29 is 4.74 Å². The van der Waals surface area contributed by atoms with Crippen LogP contribution in [0.3, 0.4) is 0 Å². The Morgan fingerprint density at radius 2 is 2.29 bits per heavy atom. The molecule has 84 valence electrons. The number of ether oxygens (including phenoxy) is 1. The van der Waals surface area contributed by atoms with Crippen LogP contribution in [0.25, 0.3) is 0 Å². The van der Waals surface area contributed by atoms with Gasteiger partial charge in [-0.1, -0.05) is 13.3 Å². The molecule has 1 aliphatic heterocycles. The van der Waals surface area contributed by atoms with Gasteiger partial charge in [-0.3, -0.25) is 4.90 Å². The SMILES string of the molecule is CCCCOCCN1CCCC(N)C1. The molecule has 1 heterocycles. The molecular formula is C11H24N2O. The number of piperidine rings is 1. The Morgan fingerprint density at radius 3 is 3.00 bits per heavy atom. The first-order chi connectivity index (χ1) is 6.83. The van der Waals surface area contributed by atoms with Crippen LogP contribution in [0.1, 0.15) is 32.6 Å². The number of nitrogens with zero attached hydrogens (tertiary/aromatic N) is 1. The van der Waals surface area contributed by atoms with Crippen molar-refractivity contribution in [1.29, 1.82) is 0 Å². The second-order valence-electron chi connectivity index (χ2n) is 4.17. The van der Waals surface area contributed by atoms with E-state index in [1.54, 1.807) is 0 Å². The summed E-state index contributed by atoms with van der Waals surface area (Å²) < 4.78 is 5.53.